The molecule has 0 aliphatic carbocycles. The summed E-state index contributed by atoms with van der Waals surface area (Å²) < 4.78 is 0. The summed E-state index contributed by atoms with van der Waals surface area (Å²) in [4.78, 5) is 5.14. The van der Waals surface area contributed by atoms with Crippen molar-refractivity contribution in [3.05, 3.63) is 157 Å². The maximum absolute atomic E-state index is 3.96. The smallest absolute Gasteiger partial charge is 0.252 e. The third kappa shape index (κ3) is 3.60. The van der Waals surface area contributed by atoms with E-state index in [4.69, 9.17) is 0 Å². The minimum Gasteiger partial charge on any atom is -0.356 e. The lowest BCUT2D eigenvalue weighted by Gasteiger charge is -2.49. The molecule has 4 aliphatic heterocycles. The van der Waals surface area contributed by atoms with Crippen LogP contribution in [0.15, 0.2) is 146 Å². The summed E-state index contributed by atoms with van der Waals surface area (Å²) in [6.45, 7) is 4.68. The van der Waals surface area contributed by atoms with Gasteiger partial charge in [0.15, 0.2) is 0 Å². The lowest BCUT2D eigenvalue weighted by molar-refractivity contribution is 1.25. The number of rotatable bonds is 2. The first-order valence-electron chi connectivity index (χ1n) is 17.3. The highest BCUT2D eigenvalue weighted by Crippen LogP contribution is 2.48. The van der Waals surface area contributed by atoms with Crippen molar-refractivity contribution >= 4 is 91.7 Å². The summed E-state index contributed by atoms with van der Waals surface area (Å²) in [5.74, 6) is 0. The molecule has 7 aromatic carbocycles. The fourth-order valence-corrected chi connectivity index (χ4v) is 9.20. The van der Waals surface area contributed by atoms with Crippen molar-refractivity contribution in [1.29, 1.82) is 0 Å². The highest BCUT2D eigenvalue weighted by Gasteiger charge is 2.50. The van der Waals surface area contributed by atoms with Crippen molar-refractivity contribution in [1.82, 2.24) is 0 Å². The SMILES string of the molecule is Cc1ccc2c(c1)B1c3ccccc3Nc3cc4c5c(c31)N2c1ccc(C)cc1B5c1ccccc1N4c1ccccc1-c1ccccc1. The van der Waals surface area contributed by atoms with Gasteiger partial charge in [-0.1, -0.05) is 120 Å². The molecule has 4 heterocycles. The Bertz CT molecular complexity index is 2530. The summed E-state index contributed by atoms with van der Waals surface area (Å²) in [6, 6.07) is 54.3. The van der Waals surface area contributed by atoms with Gasteiger partial charge in [-0.3, -0.25) is 0 Å². The number of benzene rings is 7. The molecule has 0 radical (unpaired) electrons. The highest BCUT2D eigenvalue weighted by molar-refractivity contribution is 7.04. The zero-order valence-electron chi connectivity index (χ0n) is 27.4. The molecule has 0 fully saturated rings. The van der Waals surface area contributed by atoms with E-state index in [1.807, 2.05) is 0 Å². The zero-order chi connectivity index (χ0) is 32.4. The fourth-order valence-electron chi connectivity index (χ4n) is 9.20. The standard InChI is InChI=1S/C44H31B2N3/c1-27-20-22-39-33(24-27)45-31-15-7-9-17-35(31)47-36-26-41-43-44(42(36)45)49(39)40-23-21-28(2)25-34(40)46(43)32-16-8-11-19-38(32)48(41)37-18-10-6-14-30(37)29-12-4-3-5-13-29/h3-26,47H,1-2H3. The number of para-hydroxylation sites is 3. The highest BCUT2D eigenvalue weighted by atomic mass is 15.2. The van der Waals surface area contributed by atoms with E-state index < -0.39 is 0 Å². The van der Waals surface area contributed by atoms with E-state index in [0.29, 0.717) is 0 Å². The minimum absolute atomic E-state index is 0.0996. The van der Waals surface area contributed by atoms with E-state index in [0.717, 1.165) is 0 Å². The van der Waals surface area contributed by atoms with E-state index in [1.54, 1.807) is 0 Å². The lowest BCUT2D eigenvalue weighted by Crippen LogP contribution is -2.68. The first-order chi connectivity index (χ1) is 24.2. The Balaban J connectivity index is 1.30. The van der Waals surface area contributed by atoms with Gasteiger partial charge in [0.1, 0.15) is 0 Å². The van der Waals surface area contributed by atoms with Crippen LogP contribution in [-0.4, -0.2) is 13.4 Å². The molecular formula is C44H31B2N3. The van der Waals surface area contributed by atoms with E-state index >= 15 is 0 Å². The second-order valence-electron chi connectivity index (χ2n) is 13.9. The monoisotopic (exact) mass is 623 g/mol. The summed E-state index contributed by atoms with van der Waals surface area (Å²) in [7, 11) is 0. The molecule has 4 aliphatic rings. The Morgan fingerprint density at radius 2 is 1.02 bits per heavy atom. The quantitative estimate of drug-likeness (QED) is 0.211. The third-order valence-electron chi connectivity index (χ3n) is 11.1. The molecule has 49 heavy (non-hydrogen) atoms. The predicted octanol–water partition coefficient (Wildman–Crippen LogP) is 6.94. The number of nitrogens with one attached hydrogen (secondary N) is 1. The second-order valence-corrected chi connectivity index (χ2v) is 13.9. The average Bonchev–Trinajstić information content (AvgIpc) is 3.14. The largest absolute Gasteiger partial charge is 0.356 e. The molecule has 228 valence electrons. The van der Waals surface area contributed by atoms with Gasteiger partial charge in [-0.2, -0.15) is 0 Å². The maximum atomic E-state index is 3.96. The van der Waals surface area contributed by atoms with Gasteiger partial charge in [-0.05, 0) is 88.6 Å². The minimum atomic E-state index is 0.0996. The van der Waals surface area contributed by atoms with Crippen LogP contribution in [0.4, 0.5) is 45.5 Å². The Morgan fingerprint density at radius 1 is 0.429 bits per heavy atom. The number of nitrogens with zero attached hydrogens (tertiary/aromatic N) is 2. The number of anilines is 8. The van der Waals surface area contributed by atoms with E-state index in [1.165, 1.54) is 101 Å². The van der Waals surface area contributed by atoms with Gasteiger partial charge in [0.05, 0.1) is 5.69 Å². The molecule has 5 heteroatoms. The Morgan fingerprint density at radius 3 is 1.78 bits per heavy atom. The molecule has 7 aromatic rings. The molecule has 0 saturated carbocycles. The number of fused-ring (bicyclic) bond motifs is 10. The number of hydrogen-bond donors (Lipinski definition) is 1. The first-order valence-corrected chi connectivity index (χ1v) is 17.3. The molecule has 0 aromatic heterocycles. The lowest BCUT2D eigenvalue weighted by atomic mass is 9.29. The van der Waals surface area contributed by atoms with Crippen LogP contribution in [0.5, 0.6) is 0 Å². The molecule has 0 saturated heterocycles. The molecule has 0 unspecified atom stereocenters. The Labute approximate surface area is 287 Å². The van der Waals surface area contributed by atoms with E-state index in [2.05, 4.69) is 175 Å². The molecular weight excluding hydrogens is 592 g/mol. The molecule has 11 rings (SSSR count). The molecule has 1 N–H and O–H groups in total. The van der Waals surface area contributed by atoms with Crippen molar-refractivity contribution in [3.8, 4) is 11.1 Å². The van der Waals surface area contributed by atoms with Gasteiger partial charge in [0, 0.05) is 45.4 Å². The normalized spacial score (nSPS) is 13.9. The topological polar surface area (TPSA) is 18.5 Å². The van der Waals surface area contributed by atoms with Crippen molar-refractivity contribution in [2.24, 2.45) is 0 Å². The Hall–Kier alpha value is -5.93. The maximum Gasteiger partial charge on any atom is 0.252 e. The van der Waals surface area contributed by atoms with Crippen molar-refractivity contribution < 1.29 is 0 Å². The Kier molecular flexibility index (Phi) is 5.42. The van der Waals surface area contributed by atoms with Crippen molar-refractivity contribution in [3.63, 3.8) is 0 Å². The van der Waals surface area contributed by atoms with Gasteiger partial charge >= 0.3 is 0 Å². The number of hydrogen-bond acceptors (Lipinski definition) is 3. The predicted molar refractivity (Wildman–Crippen MR) is 210 cm³/mol. The fraction of sp³-hybridized carbons (Fsp3) is 0.0455. The number of aryl methyl sites for hydroxylation is 2. The molecule has 0 bridgehead atoms. The summed E-state index contributed by atoms with van der Waals surface area (Å²) in [6.07, 6.45) is 0. The first kappa shape index (κ1) is 27.1. The van der Waals surface area contributed by atoms with Gasteiger partial charge < -0.3 is 15.1 Å². The summed E-state index contributed by atoms with van der Waals surface area (Å²) >= 11 is 0. The zero-order valence-corrected chi connectivity index (χ0v) is 27.4. The van der Waals surface area contributed by atoms with Crippen LogP contribution in [0.2, 0.25) is 0 Å². The van der Waals surface area contributed by atoms with Gasteiger partial charge in [0.25, 0.3) is 13.4 Å². The van der Waals surface area contributed by atoms with Crippen molar-refractivity contribution in [2.45, 2.75) is 13.8 Å². The van der Waals surface area contributed by atoms with E-state index in [9.17, 15) is 0 Å². The molecule has 3 nitrogen and oxygen atoms in total. The van der Waals surface area contributed by atoms with Gasteiger partial charge in [-0.15, -0.1) is 0 Å². The van der Waals surface area contributed by atoms with Gasteiger partial charge in [0.2, 0.25) is 0 Å². The van der Waals surface area contributed by atoms with Crippen LogP contribution in [0.1, 0.15) is 11.1 Å². The van der Waals surface area contributed by atoms with E-state index in [-0.39, 0.29) is 13.4 Å². The van der Waals surface area contributed by atoms with Gasteiger partial charge in [-0.25, -0.2) is 0 Å². The van der Waals surface area contributed by atoms with Crippen LogP contribution in [0.3, 0.4) is 0 Å². The second kappa shape index (κ2) is 9.81. The summed E-state index contributed by atoms with van der Waals surface area (Å²) in [5.41, 5.74) is 23.1. The van der Waals surface area contributed by atoms with Crippen LogP contribution >= 0.6 is 0 Å². The van der Waals surface area contributed by atoms with Crippen LogP contribution in [0.25, 0.3) is 11.1 Å². The third-order valence-corrected chi connectivity index (χ3v) is 11.1. The molecule has 0 spiro atoms. The molecule has 0 amide bonds. The van der Waals surface area contributed by atoms with Crippen LogP contribution in [0, 0.1) is 13.8 Å². The van der Waals surface area contributed by atoms with Crippen molar-refractivity contribution in [2.75, 3.05) is 15.1 Å². The average molecular weight is 623 g/mol. The van der Waals surface area contributed by atoms with Crippen LogP contribution < -0.4 is 47.9 Å². The molecule has 0 atom stereocenters. The summed E-state index contributed by atoms with van der Waals surface area (Å²) in [5, 5.41) is 3.96. The van der Waals surface area contributed by atoms with Crippen LogP contribution in [-0.2, 0) is 0 Å².